The van der Waals surface area contributed by atoms with E-state index in [1.165, 1.54) is 18.2 Å². The average molecular weight is 530 g/mol. The maximum atomic E-state index is 13.8. The third kappa shape index (κ3) is 7.38. The number of aliphatic imine (C=N–C) groups is 1. The van der Waals surface area contributed by atoms with Gasteiger partial charge < -0.3 is 26.1 Å². The number of para-hydroxylation sites is 1. The van der Waals surface area contributed by atoms with Gasteiger partial charge in [-0.2, -0.15) is 4.99 Å². The summed E-state index contributed by atoms with van der Waals surface area (Å²) in [6, 6.07) is 10.7. The first-order chi connectivity index (χ1) is 15.7. The van der Waals surface area contributed by atoms with Crippen molar-refractivity contribution < 1.29 is 22.8 Å². The molecule has 5 N–H and O–H groups in total. The molecule has 0 fully saturated rings. The largest absolute Gasteiger partial charge is 0.454 e. The number of amides is 2. The Morgan fingerprint density at radius 2 is 1.74 bits per heavy atom. The highest BCUT2D eigenvalue weighted by atomic mass is 35.5. The number of benzene rings is 2. The summed E-state index contributed by atoms with van der Waals surface area (Å²) in [7, 11) is 3.84. The van der Waals surface area contributed by atoms with Crippen molar-refractivity contribution in [2.45, 2.75) is 12.8 Å². The van der Waals surface area contributed by atoms with E-state index in [1.807, 2.05) is 19.0 Å². The molecule has 12 heteroatoms. The van der Waals surface area contributed by atoms with Crippen LogP contribution in [0.25, 0.3) is 22.1 Å². The number of fused-ring (bicyclic) bond motifs is 1. The molecule has 8 nitrogen and oxygen atoms in total. The molecule has 35 heavy (non-hydrogen) atoms. The number of hydrogen-bond donors (Lipinski definition) is 3. The summed E-state index contributed by atoms with van der Waals surface area (Å²) in [5.41, 5.74) is 11.3. The van der Waals surface area contributed by atoms with Gasteiger partial charge >= 0.3 is 0 Å². The molecule has 0 radical (unpaired) electrons. The van der Waals surface area contributed by atoms with Gasteiger partial charge in [-0.3, -0.25) is 9.59 Å². The Morgan fingerprint density at radius 1 is 1.09 bits per heavy atom. The first-order valence-corrected chi connectivity index (χ1v) is 10.2. The van der Waals surface area contributed by atoms with Crippen LogP contribution in [0.1, 0.15) is 39.3 Å². The number of alkyl halides is 2. The van der Waals surface area contributed by atoms with Crippen LogP contribution in [0.3, 0.4) is 0 Å². The zero-order valence-electron chi connectivity index (χ0n) is 19.1. The molecule has 0 spiro atoms. The molecule has 2 aromatic carbocycles. The van der Waals surface area contributed by atoms with Gasteiger partial charge in [0.1, 0.15) is 5.58 Å². The van der Waals surface area contributed by atoms with Crippen LogP contribution in [0.15, 0.2) is 51.9 Å². The molecule has 2 amide bonds. The third-order valence-electron chi connectivity index (χ3n) is 4.85. The van der Waals surface area contributed by atoms with Crippen LogP contribution in [0.4, 0.5) is 8.78 Å². The fourth-order valence-corrected chi connectivity index (χ4v) is 3.42. The maximum absolute atomic E-state index is 13.8. The van der Waals surface area contributed by atoms with Crippen molar-refractivity contribution in [2.24, 2.45) is 16.5 Å². The number of nitrogens with two attached hydrogens (primary N) is 2. The topological polar surface area (TPSA) is 127 Å². The summed E-state index contributed by atoms with van der Waals surface area (Å²) in [4.78, 5) is 30.8. The summed E-state index contributed by atoms with van der Waals surface area (Å²) < 4.78 is 33.0. The number of carbonyl (C=O) groups excluding carboxylic acids is 2. The quantitative estimate of drug-likeness (QED) is 0.230. The third-order valence-corrected chi connectivity index (χ3v) is 4.85. The highest BCUT2D eigenvalue weighted by Gasteiger charge is 2.25. The second-order valence-electron chi connectivity index (χ2n) is 7.69. The maximum Gasteiger partial charge on any atom is 0.296 e. The molecular weight excluding hydrogens is 503 g/mol. The normalized spacial score (nSPS) is 10.6. The van der Waals surface area contributed by atoms with E-state index in [0.29, 0.717) is 18.4 Å². The van der Waals surface area contributed by atoms with Crippen molar-refractivity contribution >= 4 is 53.6 Å². The number of guanidine groups is 1. The number of halogens is 4. The average Bonchev–Trinajstić information content (AvgIpc) is 3.15. The molecule has 0 saturated carbocycles. The predicted octanol–water partition coefficient (Wildman–Crippen LogP) is 3.98. The Kier molecular flexibility index (Phi) is 11.1. The number of rotatable bonds is 8. The molecule has 0 aliphatic rings. The van der Waals surface area contributed by atoms with Crippen molar-refractivity contribution in [3.8, 4) is 11.1 Å². The van der Waals surface area contributed by atoms with Crippen LogP contribution in [-0.2, 0) is 0 Å². The molecule has 0 bridgehead atoms. The van der Waals surface area contributed by atoms with Gasteiger partial charge in [-0.1, -0.05) is 18.2 Å². The highest BCUT2D eigenvalue weighted by molar-refractivity contribution is 6.06. The van der Waals surface area contributed by atoms with Crippen LogP contribution >= 0.6 is 24.8 Å². The van der Waals surface area contributed by atoms with E-state index in [9.17, 15) is 18.4 Å². The fraction of sp³-hybridized carbons (Fsp3) is 0.261. The van der Waals surface area contributed by atoms with Crippen molar-refractivity contribution in [1.29, 1.82) is 0 Å². The lowest BCUT2D eigenvalue weighted by molar-refractivity contribution is 0.0952. The molecular formula is C23H27Cl2F2N5O3. The zero-order valence-corrected chi connectivity index (χ0v) is 20.7. The lowest BCUT2D eigenvalue weighted by Crippen LogP contribution is -2.27. The Labute approximate surface area is 213 Å². The molecule has 0 aliphatic carbocycles. The van der Waals surface area contributed by atoms with Crippen LogP contribution < -0.4 is 16.8 Å². The van der Waals surface area contributed by atoms with Crippen LogP contribution in [0, 0.1) is 0 Å². The van der Waals surface area contributed by atoms with Gasteiger partial charge in [0, 0.05) is 28.6 Å². The molecule has 0 atom stereocenters. The minimum absolute atomic E-state index is 0. The fourth-order valence-electron chi connectivity index (χ4n) is 3.42. The van der Waals surface area contributed by atoms with Gasteiger partial charge in [0.15, 0.2) is 11.7 Å². The van der Waals surface area contributed by atoms with Crippen molar-refractivity contribution in [3.63, 3.8) is 0 Å². The van der Waals surface area contributed by atoms with Gasteiger partial charge in [0.25, 0.3) is 18.2 Å². The summed E-state index contributed by atoms with van der Waals surface area (Å²) in [6.45, 7) is 1.17. The molecule has 1 heterocycles. The van der Waals surface area contributed by atoms with Gasteiger partial charge in [-0.15, -0.1) is 24.8 Å². The molecule has 1 aromatic heterocycles. The van der Waals surface area contributed by atoms with Gasteiger partial charge in [0.05, 0.1) is 0 Å². The summed E-state index contributed by atoms with van der Waals surface area (Å²) in [5.74, 6) is -2.27. The number of nitrogens with zero attached hydrogens (tertiary/aromatic N) is 2. The van der Waals surface area contributed by atoms with Crippen molar-refractivity contribution in [3.05, 3.63) is 59.4 Å². The van der Waals surface area contributed by atoms with Crippen LogP contribution in [0.5, 0.6) is 0 Å². The molecule has 3 rings (SSSR count). The van der Waals surface area contributed by atoms with E-state index in [1.54, 1.807) is 24.3 Å². The Bertz CT molecular complexity index is 1210. The monoisotopic (exact) mass is 529 g/mol. The summed E-state index contributed by atoms with van der Waals surface area (Å²) in [6.07, 6.45) is -2.20. The minimum Gasteiger partial charge on any atom is -0.454 e. The number of furan rings is 1. The Balaban J connectivity index is 0.00000306. The summed E-state index contributed by atoms with van der Waals surface area (Å²) in [5, 5.41) is 3.20. The van der Waals surface area contributed by atoms with E-state index in [-0.39, 0.29) is 52.7 Å². The van der Waals surface area contributed by atoms with E-state index >= 15 is 0 Å². The second kappa shape index (κ2) is 13.0. The van der Waals surface area contributed by atoms with Crippen LogP contribution in [0.2, 0.25) is 0 Å². The Hall–Kier alpha value is -3.21. The molecule has 0 aliphatic heterocycles. The van der Waals surface area contributed by atoms with Gasteiger partial charge in [-0.25, -0.2) is 8.78 Å². The second-order valence-corrected chi connectivity index (χ2v) is 7.69. The molecule has 190 valence electrons. The van der Waals surface area contributed by atoms with Crippen molar-refractivity contribution in [1.82, 2.24) is 10.2 Å². The van der Waals surface area contributed by atoms with Crippen molar-refractivity contribution in [2.75, 3.05) is 27.2 Å². The molecule has 0 saturated heterocycles. The zero-order chi connectivity index (χ0) is 24.1. The first kappa shape index (κ1) is 29.8. The number of nitrogens with one attached hydrogen (secondary N) is 1. The van der Waals surface area contributed by atoms with Gasteiger partial charge in [-0.05, 0) is 56.9 Å². The van der Waals surface area contributed by atoms with E-state index in [0.717, 1.165) is 6.54 Å². The molecule has 3 aromatic rings. The van der Waals surface area contributed by atoms with Gasteiger partial charge in [0.2, 0.25) is 0 Å². The standard InChI is InChI=1S/C23H25F2N5O3.2ClH/c1-30(2)9-5-8-28-21(31)14-10-13(11-15(12-14)22(32)29-23(26)27)18-16-6-3-4-7-17(16)33-19(18)20(24)25;;/h3-4,6-7,10-12,20H,5,8-9H2,1-2H3,(H,28,31)(H4,26,27,29,32);2*1H. The van der Waals surface area contributed by atoms with E-state index < -0.39 is 30.0 Å². The minimum atomic E-state index is -2.91. The highest BCUT2D eigenvalue weighted by Crippen LogP contribution is 2.40. The number of hydrogen-bond acceptors (Lipinski definition) is 4. The van der Waals surface area contributed by atoms with Crippen LogP contribution in [-0.4, -0.2) is 49.9 Å². The smallest absolute Gasteiger partial charge is 0.296 e. The first-order valence-electron chi connectivity index (χ1n) is 10.2. The Morgan fingerprint density at radius 3 is 2.37 bits per heavy atom. The lowest BCUT2D eigenvalue weighted by Gasteiger charge is -2.12. The lowest BCUT2D eigenvalue weighted by atomic mass is 9.96. The summed E-state index contributed by atoms with van der Waals surface area (Å²) >= 11 is 0. The van der Waals surface area contributed by atoms with E-state index in [2.05, 4.69) is 10.3 Å². The predicted molar refractivity (Wildman–Crippen MR) is 137 cm³/mol. The van der Waals surface area contributed by atoms with E-state index in [4.69, 9.17) is 15.9 Å². The molecule has 0 unspecified atom stereocenters. The SMILES string of the molecule is CN(C)CCCNC(=O)c1cc(C(=O)N=C(N)N)cc(-c2c(C(F)F)oc3ccccc23)c1.Cl.Cl. The number of carbonyl (C=O) groups is 2.